The lowest BCUT2D eigenvalue weighted by Gasteiger charge is -2.24. The first-order valence-electron chi connectivity index (χ1n) is 10.6. The maximum absolute atomic E-state index is 4.43. The third-order valence-corrected chi connectivity index (χ3v) is 6.22. The van der Waals surface area contributed by atoms with E-state index in [0.29, 0.717) is 6.04 Å². The Morgan fingerprint density at radius 3 is 2.86 bits per heavy atom. The van der Waals surface area contributed by atoms with Crippen LogP contribution in [0.2, 0.25) is 0 Å². The number of hydrogen-bond donors (Lipinski definition) is 3. The molecule has 1 unspecified atom stereocenters. The number of aliphatic imine (C=N–C) groups is 1. The molecule has 2 aromatic rings. The van der Waals surface area contributed by atoms with Crippen LogP contribution in [0.3, 0.4) is 0 Å². The van der Waals surface area contributed by atoms with Crippen molar-refractivity contribution in [1.82, 2.24) is 20.5 Å². The van der Waals surface area contributed by atoms with Crippen LogP contribution in [0.25, 0.3) is 10.9 Å². The quantitative estimate of drug-likeness (QED) is 0.247. The molecule has 1 saturated carbocycles. The number of nitrogens with zero attached hydrogens (tertiary/aromatic N) is 2. The number of benzene rings is 1. The van der Waals surface area contributed by atoms with Gasteiger partial charge < -0.3 is 15.6 Å². The summed E-state index contributed by atoms with van der Waals surface area (Å²) in [5, 5.41) is 8.48. The average molecular weight is 495 g/mol. The molecule has 1 atom stereocenters. The Balaban J connectivity index is 0.00000225. The minimum absolute atomic E-state index is 0. The van der Waals surface area contributed by atoms with Gasteiger partial charge in [-0.25, -0.2) is 0 Å². The van der Waals surface area contributed by atoms with E-state index in [4.69, 9.17) is 0 Å². The maximum atomic E-state index is 4.43. The number of nitrogens with one attached hydrogen (secondary N) is 3. The molecule has 1 saturated heterocycles. The van der Waals surface area contributed by atoms with Crippen LogP contribution in [-0.4, -0.2) is 54.6 Å². The summed E-state index contributed by atoms with van der Waals surface area (Å²) in [6, 6.07) is 9.90. The summed E-state index contributed by atoms with van der Waals surface area (Å²) in [5.41, 5.74) is 2.63. The summed E-state index contributed by atoms with van der Waals surface area (Å²) < 4.78 is 0. The Labute approximate surface area is 185 Å². The van der Waals surface area contributed by atoms with Gasteiger partial charge in [0.05, 0.1) is 0 Å². The third kappa shape index (κ3) is 5.20. The van der Waals surface area contributed by atoms with Crippen molar-refractivity contribution in [3.63, 3.8) is 0 Å². The molecule has 2 aliphatic rings. The zero-order chi connectivity index (χ0) is 18.5. The topological polar surface area (TPSA) is 55.5 Å². The first-order valence-corrected chi connectivity index (χ1v) is 10.6. The number of H-pyrrole nitrogens is 1. The Hall–Kier alpha value is -1.28. The number of aromatic nitrogens is 1. The van der Waals surface area contributed by atoms with Gasteiger partial charge in [-0.2, -0.15) is 0 Å². The van der Waals surface area contributed by atoms with E-state index in [2.05, 4.69) is 56.0 Å². The van der Waals surface area contributed by atoms with Crippen LogP contribution in [0.15, 0.2) is 35.5 Å². The molecule has 2 heterocycles. The molecule has 4 rings (SSSR count). The van der Waals surface area contributed by atoms with Gasteiger partial charge in [-0.05, 0) is 43.7 Å². The van der Waals surface area contributed by atoms with E-state index in [1.54, 1.807) is 0 Å². The van der Waals surface area contributed by atoms with Crippen molar-refractivity contribution in [2.75, 3.05) is 26.7 Å². The highest BCUT2D eigenvalue weighted by Gasteiger charge is 2.30. The van der Waals surface area contributed by atoms with E-state index >= 15 is 0 Å². The zero-order valence-corrected chi connectivity index (χ0v) is 19.2. The fourth-order valence-electron chi connectivity index (χ4n) is 4.72. The molecule has 2 fully saturated rings. The van der Waals surface area contributed by atoms with Crippen molar-refractivity contribution in [1.29, 1.82) is 0 Å². The lowest BCUT2D eigenvalue weighted by molar-refractivity contribution is 0.242. The van der Waals surface area contributed by atoms with E-state index in [-0.39, 0.29) is 24.0 Å². The molecule has 154 valence electrons. The van der Waals surface area contributed by atoms with Crippen LogP contribution < -0.4 is 10.6 Å². The highest BCUT2D eigenvalue weighted by Crippen LogP contribution is 2.26. The number of halogens is 1. The Morgan fingerprint density at radius 1 is 1.21 bits per heavy atom. The summed E-state index contributed by atoms with van der Waals surface area (Å²) in [6.07, 6.45) is 11.2. The van der Waals surface area contributed by atoms with Crippen molar-refractivity contribution in [2.45, 2.75) is 57.0 Å². The van der Waals surface area contributed by atoms with Gasteiger partial charge in [0, 0.05) is 55.9 Å². The maximum Gasteiger partial charge on any atom is 0.191 e. The second-order valence-electron chi connectivity index (χ2n) is 8.03. The second-order valence-corrected chi connectivity index (χ2v) is 8.03. The van der Waals surface area contributed by atoms with Crippen molar-refractivity contribution in [3.05, 3.63) is 36.0 Å². The Kier molecular flexibility index (Phi) is 8.02. The van der Waals surface area contributed by atoms with Crippen LogP contribution in [0.1, 0.15) is 44.1 Å². The summed E-state index contributed by atoms with van der Waals surface area (Å²) in [7, 11) is 1.87. The Morgan fingerprint density at radius 2 is 2.04 bits per heavy atom. The van der Waals surface area contributed by atoms with Crippen LogP contribution >= 0.6 is 24.0 Å². The molecule has 1 aliphatic heterocycles. The molecule has 0 radical (unpaired) electrons. The molecule has 0 amide bonds. The lowest BCUT2D eigenvalue weighted by atomic mass is 10.1. The standard InChI is InChI=1S/C22H33N5.HI/c1-23-22(26-18-12-14-27(16-18)19-8-2-3-9-19)24-13-6-7-17-15-25-21-11-5-4-10-20(17)21;/h4-5,10-11,15,18-19,25H,2-3,6-9,12-14,16H2,1H3,(H2,23,24,26);1H. The first-order chi connectivity index (χ1) is 13.3. The SMILES string of the molecule is CN=C(NCCCc1c[nH]c2ccccc12)NC1CCN(C2CCCC2)C1.I. The van der Waals surface area contributed by atoms with Gasteiger partial charge in [0.2, 0.25) is 0 Å². The van der Waals surface area contributed by atoms with E-state index in [1.165, 1.54) is 61.7 Å². The molecule has 3 N–H and O–H groups in total. The van der Waals surface area contributed by atoms with Gasteiger partial charge in [0.1, 0.15) is 0 Å². The zero-order valence-electron chi connectivity index (χ0n) is 16.9. The molecule has 6 heteroatoms. The first kappa shape index (κ1) is 21.4. The molecule has 1 aliphatic carbocycles. The second kappa shape index (κ2) is 10.5. The highest BCUT2D eigenvalue weighted by molar-refractivity contribution is 14.0. The summed E-state index contributed by atoms with van der Waals surface area (Å²) in [6.45, 7) is 3.35. The van der Waals surface area contributed by atoms with E-state index in [1.807, 2.05) is 7.05 Å². The van der Waals surface area contributed by atoms with Gasteiger partial charge >= 0.3 is 0 Å². The van der Waals surface area contributed by atoms with E-state index < -0.39 is 0 Å². The van der Waals surface area contributed by atoms with Crippen molar-refractivity contribution < 1.29 is 0 Å². The predicted octanol–water partition coefficient (Wildman–Crippen LogP) is 3.90. The Bertz CT molecular complexity index is 765. The molecular weight excluding hydrogens is 461 g/mol. The smallest absolute Gasteiger partial charge is 0.191 e. The minimum atomic E-state index is 0. The number of rotatable bonds is 6. The number of hydrogen-bond acceptors (Lipinski definition) is 2. The largest absolute Gasteiger partial charge is 0.361 e. The predicted molar refractivity (Wildman–Crippen MR) is 129 cm³/mol. The van der Waals surface area contributed by atoms with Gasteiger partial charge in [0.15, 0.2) is 5.96 Å². The average Bonchev–Trinajstić information content (AvgIpc) is 3.45. The summed E-state index contributed by atoms with van der Waals surface area (Å²) in [4.78, 5) is 10.5. The molecule has 1 aromatic carbocycles. The summed E-state index contributed by atoms with van der Waals surface area (Å²) >= 11 is 0. The molecule has 0 spiro atoms. The van der Waals surface area contributed by atoms with Crippen molar-refractivity contribution >= 4 is 40.8 Å². The number of fused-ring (bicyclic) bond motifs is 1. The monoisotopic (exact) mass is 495 g/mol. The molecule has 1 aromatic heterocycles. The van der Waals surface area contributed by atoms with Gasteiger partial charge in [0.25, 0.3) is 0 Å². The van der Waals surface area contributed by atoms with Crippen LogP contribution in [0.5, 0.6) is 0 Å². The van der Waals surface area contributed by atoms with Crippen LogP contribution in [0.4, 0.5) is 0 Å². The van der Waals surface area contributed by atoms with Gasteiger partial charge in [-0.1, -0.05) is 31.0 Å². The van der Waals surface area contributed by atoms with E-state index in [0.717, 1.165) is 31.4 Å². The fraction of sp³-hybridized carbons (Fsp3) is 0.591. The third-order valence-electron chi connectivity index (χ3n) is 6.22. The highest BCUT2D eigenvalue weighted by atomic mass is 127. The molecular formula is C22H34IN5. The van der Waals surface area contributed by atoms with Crippen LogP contribution in [0, 0.1) is 0 Å². The van der Waals surface area contributed by atoms with Crippen LogP contribution in [-0.2, 0) is 6.42 Å². The van der Waals surface area contributed by atoms with Crippen molar-refractivity contribution in [3.8, 4) is 0 Å². The normalized spacial score (nSPS) is 21.2. The van der Waals surface area contributed by atoms with Crippen molar-refractivity contribution in [2.24, 2.45) is 4.99 Å². The molecule has 0 bridgehead atoms. The number of para-hydroxylation sites is 1. The van der Waals surface area contributed by atoms with Gasteiger partial charge in [-0.15, -0.1) is 24.0 Å². The minimum Gasteiger partial charge on any atom is -0.361 e. The fourth-order valence-corrected chi connectivity index (χ4v) is 4.72. The number of aromatic amines is 1. The number of guanidine groups is 1. The molecule has 28 heavy (non-hydrogen) atoms. The molecule has 5 nitrogen and oxygen atoms in total. The number of aryl methyl sites for hydroxylation is 1. The summed E-state index contributed by atoms with van der Waals surface area (Å²) in [5.74, 6) is 0.951. The number of likely N-dealkylation sites (tertiary alicyclic amines) is 1. The van der Waals surface area contributed by atoms with E-state index in [9.17, 15) is 0 Å². The van der Waals surface area contributed by atoms with Gasteiger partial charge in [-0.3, -0.25) is 9.89 Å². The lowest BCUT2D eigenvalue weighted by Crippen LogP contribution is -2.45.